The maximum atomic E-state index is 5.92. The minimum atomic E-state index is -1.89. The van der Waals surface area contributed by atoms with Gasteiger partial charge in [0.05, 0.1) is 19.8 Å². The van der Waals surface area contributed by atoms with Crippen LogP contribution in [-0.2, 0) is 23.1 Å². The lowest BCUT2D eigenvalue weighted by Crippen LogP contribution is -2.47. The Morgan fingerprint density at radius 3 is 1.80 bits per heavy atom. The van der Waals surface area contributed by atoms with E-state index in [1.807, 2.05) is 20.8 Å². The summed E-state index contributed by atoms with van der Waals surface area (Å²) < 4.78 is 28.1. The van der Waals surface area contributed by atoms with Gasteiger partial charge in [-0.2, -0.15) is 0 Å². The van der Waals surface area contributed by atoms with Crippen molar-refractivity contribution in [2.75, 3.05) is 47.6 Å². The SMILES string of the molecule is CCOC(OCC)(OCC)O[SiH](CCCN(C)C)OC. The number of hydrogen-bond acceptors (Lipinski definition) is 6. The van der Waals surface area contributed by atoms with Gasteiger partial charge < -0.3 is 28.0 Å². The molecule has 0 bridgehead atoms. The summed E-state index contributed by atoms with van der Waals surface area (Å²) in [5, 5.41) is 0. The van der Waals surface area contributed by atoms with E-state index in [1.165, 1.54) is 0 Å². The quantitative estimate of drug-likeness (QED) is 0.380. The summed E-state index contributed by atoms with van der Waals surface area (Å²) in [6, 6.07) is 0.879. The van der Waals surface area contributed by atoms with Crippen LogP contribution < -0.4 is 0 Å². The molecule has 0 spiro atoms. The Kier molecular flexibility index (Phi) is 11.6. The van der Waals surface area contributed by atoms with Crippen LogP contribution in [0.2, 0.25) is 6.04 Å². The fourth-order valence-corrected chi connectivity index (χ4v) is 3.21. The third-order valence-corrected chi connectivity index (χ3v) is 4.50. The van der Waals surface area contributed by atoms with Crippen LogP contribution in [0.3, 0.4) is 0 Å². The van der Waals surface area contributed by atoms with Gasteiger partial charge >= 0.3 is 15.4 Å². The minimum Gasteiger partial charge on any atom is -0.400 e. The largest absolute Gasteiger partial charge is 0.404 e. The van der Waals surface area contributed by atoms with Gasteiger partial charge in [-0.25, -0.2) is 0 Å². The van der Waals surface area contributed by atoms with Crippen molar-refractivity contribution in [2.24, 2.45) is 0 Å². The maximum absolute atomic E-state index is 5.92. The highest BCUT2D eigenvalue weighted by atomic mass is 28.3. The second-order valence-corrected chi connectivity index (χ2v) is 6.67. The van der Waals surface area contributed by atoms with Gasteiger partial charge in [-0.05, 0) is 53.9 Å². The van der Waals surface area contributed by atoms with Gasteiger partial charge in [0.1, 0.15) is 0 Å². The molecule has 20 heavy (non-hydrogen) atoms. The first-order valence-corrected chi connectivity index (χ1v) is 9.06. The fourth-order valence-electron chi connectivity index (χ4n) is 1.72. The molecule has 0 aliphatic rings. The second-order valence-electron chi connectivity index (χ2n) is 4.53. The van der Waals surface area contributed by atoms with Crippen molar-refractivity contribution in [2.45, 2.75) is 39.4 Å². The van der Waals surface area contributed by atoms with Crippen molar-refractivity contribution < 1.29 is 23.1 Å². The van der Waals surface area contributed by atoms with Gasteiger partial charge in [-0.1, -0.05) is 0 Å². The first kappa shape index (κ1) is 20.0. The lowest BCUT2D eigenvalue weighted by Gasteiger charge is -2.33. The highest BCUT2D eigenvalue weighted by molar-refractivity contribution is 6.44. The van der Waals surface area contributed by atoms with E-state index in [4.69, 9.17) is 23.1 Å². The summed E-state index contributed by atoms with van der Waals surface area (Å²) in [5.74, 6) is 0. The summed E-state index contributed by atoms with van der Waals surface area (Å²) in [4.78, 5) is 2.14. The monoisotopic (exact) mass is 309 g/mol. The normalized spacial score (nSPS) is 13.9. The van der Waals surface area contributed by atoms with Crippen LogP contribution in [0.15, 0.2) is 0 Å². The van der Waals surface area contributed by atoms with Crippen LogP contribution in [-0.4, -0.2) is 67.9 Å². The Balaban J connectivity index is 4.54. The Labute approximate surface area is 125 Å². The van der Waals surface area contributed by atoms with Gasteiger partial charge in [0, 0.05) is 7.11 Å². The molecule has 0 aromatic carbocycles. The zero-order chi connectivity index (χ0) is 15.4. The molecule has 0 aromatic heterocycles. The molecule has 0 rings (SSSR count). The first-order chi connectivity index (χ1) is 9.53. The molecule has 0 aromatic rings. The summed E-state index contributed by atoms with van der Waals surface area (Å²) >= 11 is 0. The van der Waals surface area contributed by atoms with Gasteiger partial charge in [0.25, 0.3) is 0 Å². The summed E-state index contributed by atoms with van der Waals surface area (Å²) in [7, 11) is 3.88. The number of ether oxygens (including phenoxy) is 3. The van der Waals surface area contributed by atoms with Crippen molar-refractivity contribution in [1.82, 2.24) is 4.90 Å². The fraction of sp³-hybridized carbons (Fsp3) is 1.00. The molecule has 0 saturated heterocycles. The number of nitrogens with zero attached hydrogens (tertiary/aromatic N) is 1. The summed E-state index contributed by atoms with van der Waals surface area (Å²) in [6.07, 6.45) is -0.401. The van der Waals surface area contributed by atoms with E-state index in [1.54, 1.807) is 7.11 Å². The third kappa shape index (κ3) is 8.31. The molecule has 1 atom stereocenters. The Morgan fingerprint density at radius 2 is 1.45 bits per heavy atom. The lowest BCUT2D eigenvalue weighted by atomic mass is 10.5. The summed E-state index contributed by atoms with van der Waals surface area (Å²) in [6.45, 7) is 7.98. The maximum Gasteiger partial charge on any atom is 0.404 e. The Morgan fingerprint density at radius 1 is 0.950 bits per heavy atom. The Hall–Kier alpha value is -0.0231. The van der Waals surface area contributed by atoms with E-state index in [-0.39, 0.29) is 0 Å². The number of rotatable bonds is 13. The van der Waals surface area contributed by atoms with E-state index >= 15 is 0 Å². The molecule has 6 nitrogen and oxygen atoms in total. The van der Waals surface area contributed by atoms with Crippen LogP contribution in [0.25, 0.3) is 0 Å². The smallest absolute Gasteiger partial charge is 0.400 e. The van der Waals surface area contributed by atoms with Crippen LogP contribution in [0.5, 0.6) is 0 Å². The molecular formula is C13H31NO5Si. The van der Waals surface area contributed by atoms with Crippen LogP contribution in [0.1, 0.15) is 27.2 Å². The first-order valence-electron chi connectivity index (χ1n) is 7.30. The number of hydrogen-bond donors (Lipinski definition) is 0. The van der Waals surface area contributed by atoms with Crippen LogP contribution in [0, 0.1) is 0 Å². The van der Waals surface area contributed by atoms with Gasteiger partial charge in [-0.15, -0.1) is 0 Å². The second kappa shape index (κ2) is 11.6. The summed E-state index contributed by atoms with van der Waals surface area (Å²) in [5.41, 5.74) is 0. The molecule has 0 amide bonds. The van der Waals surface area contributed by atoms with Crippen molar-refractivity contribution in [3.8, 4) is 0 Å². The molecule has 7 heteroatoms. The molecule has 122 valence electrons. The van der Waals surface area contributed by atoms with Crippen molar-refractivity contribution in [3.05, 3.63) is 0 Å². The average molecular weight is 309 g/mol. The highest BCUT2D eigenvalue weighted by Crippen LogP contribution is 2.21. The van der Waals surface area contributed by atoms with E-state index < -0.39 is 15.4 Å². The predicted octanol–water partition coefficient (Wildman–Crippen LogP) is 1.54. The molecule has 0 saturated carbocycles. The predicted molar refractivity (Wildman–Crippen MR) is 80.8 cm³/mol. The lowest BCUT2D eigenvalue weighted by molar-refractivity contribution is -0.473. The van der Waals surface area contributed by atoms with Gasteiger partial charge in [0.2, 0.25) is 0 Å². The minimum absolute atomic E-state index is 0.447. The molecule has 0 fully saturated rings. The zero-order valence-corrected chi connectivity index (χ0v) is 15.0. The Bertz CT molecular complexity index is 214. The van der Waals surface area contributed by atoms with Crippen molar-refractivity contribution in [1.29, 1.82) is 0 Å². The molecule has 0 aliphatic heterocycles. The standard InChI is InChI=1S/C13H31NO5Si/c1-7-16-13(17-8-2,18-9-3)19-20(15-6)12-10-11-14(4)5/h20H,7-12H2,1-6H3. The third-order valence-electron chi connectivity index (χ3n) is 2.55. The average Bonchev–Trinajstić information content (AvgIpc) is 2.38. The molecule has 0 N–H and O–H groups in total. The van der Waals surface area contributed by atoms with Crippen LogP contribution in [0.4, 0.5) is 0 Å². The molecular weight excluding hydrogens is 278 g/mol. The van der Waals surface area contributed by atoms with Gasteiger partial charge in [-0.3, -0.25) is 0 Å². The van der Waals surface area contributed by atoms with Crippen molar-refractivity contribution in [3.63, 3.8) is 0 Å². The highest BCUT2D eigenvalue weighted by Gasteiger charge is 2.38. The molecule has 0 heterocycles. The van der Waals surface area contributed by atoms with E-state index in [2.05, 4.69) is 19.0 Å². The van der Waals surface area contributed by atoms with Crippen LogP contribution >= 0.6 is 0 Å². The van der Waals surface area contributed by atoms with E-state index in [0.717, 1.165) is 19.0 Å². The van der Waals surface area contributed by atoms with Crippen molar-refractivity contribution >= 4 is 9.28 Å². The van der Waals surface area contributed by atoms with Gasteiger partial charge in [0.15, 0.2) is 0 Å². The molecule has 1 unspecified atom stereocenters. The van der Waals surface area contributed by atoms with E-state index in [9.17, 15) is 0 Å². The molecule has 0 aliphatic carbocycles. The topological polar surface area (TPSA) is 49.4 Å². The van der Waals surface area contributed by atoms with E-state index in [0.29, 0.717) is 19.8 Å². The zero-order valence-electron chi connectivity index (χ0n) is 13.8. The molecule has 0 radical (unpaired) electrons.